The molecular formula is C17H26N2O2. The maximum atomic E-state index is 10.9. The van der Waals surface area contributed by atoms with Crippen LogP contribution in [0.15, 0.2) is 24.3 Å². The SMILES string of the molecule is CCCNCC1CCCN(Cc2ccc(C(=O)O)cc2)C1. The van der Waals surface area contributed by atoms with E-state index in [1.807, 2.05) is 12.1 Å². The van der Waals surface area contributed by atoms with Gasteiger partial charge in [0.2, 0.25) is 0 Å². The maximum absolute atomic E-state index is 10.9. The van der Waals surface area contributed by atoms with Crippen LogP contribution in [0.25, 0.3) is 0 Å². The molecule has 2 N–H and O–H groups in total. The van der Waals surface area contributed by atoms with Gasteiger partial charge in [-0.15, -0.1) is 0 Å². The lowest BCUT2D eigenvalue weighted by Gasteiger charge is -2.33. The number of hydrogen-bond acceptors (Lipinski definition) is 3. The lowest BCUT2D eigenvalue weighted by Crippen LogP contribution is -2.39. The van der Waals surface area contributed by atoms with Crippen LogP contribution in [-0.4, -0.2) is 42.2 Å². The number of nitrogens with one attached hydrogen (secondary N) is 1. The Hall–Kier alpha value is -1.39. The van der Waals surface area contributed by atoms with Crippen molar-refractivity contribution in [2.45, 2.75) is 32.7 Å². The second-order valence-electron chi connectivity index (χ2n) is 5.95. The zero-order valence-corrected chi connectivity index (χ0v) is 12.8. The number of benzene rings is 1. The van der Waals surface area contributed by atoms with Crippen LogP contribution >= 0.6 is 0 Å². The van der Waals surface area contributed by atoms with Gasteiger partial charge >= 0.3 is 5.97 Å². The average molecular weight is 290 g/mol. The molecule has 2 rings (SSSR count). The number of carbonyl (C=O) groups is 1. The van der Waals surface area contributed by atoms with Crippen LogP contribution in [0, 0.1) is 5.92 Å². The molecule has 1 fully saturated rings. The number of piperidine rings is 1. The molecule has 1 aromatic carbocycles. The Morgan fingerprint density at radius 2 is 2.14 bits per heavy atom. The summed E-state index contributed by atoms with van der Waals surface area (Å²) in [5, 5.41) is 12.4. The van der Waals surface area contributed by atoms with Crippen molar-refractivity contribution in [3.63, 3.8) is 0 Å². The van der Waals surface area contributed by atoms with E-state index in [1.54, 1.807) is 12.1 Å². The monoisotopic (exact) mass is 290 g/mol. The van der Waals surface area contributed by atoms with Crippen LogP contribution in [-0.2, 0) is 6.54 Å². The summed E-state index contributed by atoms with van der Waals surface area (Å²) in [5.74, 6) is -0.120. The molecule has 1 aliphatic heterocycles. The van der Waals surface area contributed by atoms with Crippen molar-refractivity contribution in [1.82, 2.24) is 10.2 Å². The van der Waals surface area contributed by atoms with Gasteiger partial charge in [-0.25, -0.2) is 4.79 Å². The van der Waals surface area contributed by atoms with E-state index in [1.165, 1.54) is 24.8 Å². The van der Waals surface area contributed by atoms with E-state index in [0.717, 1.165) is 38.6 Å². The number of aromatic carboxylic acids is 1. The van der Waals surface area contributed by atoms with Gasteiger partial charge < -0.3 is 10.4 Å². The topological polar surface area (TPSA) is 52.6 Å². The molecular weight excluding hydrogens is 264 g/mol. The fraction of sp³-hybridized carbons (Fsp3) is 0.588. The van der Waals surface area contributed by atoms with Crippen LogP contribution in [0.2, 0.25) is 0 Å². The van der Waals surface area contributed by atoms with Gasteiger partial charge in [0.15, 0.2) is 0 Å². The van der Waals surface area contributed by atoms with Crippen LogP contribution in [0.4, 0.5) is 0 Å². The minimum atomic E-state index is -0.860. The minimum Gasteiger partial charge on any atom is -0.478 e. The highest BCUT2D eigenvalue weighted by Gasteiger charge is 2.19. The lowest BCUT2D eigenvalue weighted by atomic mass is 9.97. The van der Waals surface area contributed by atoms with Crippen molar-refractivity contribution >= 4 is 5.97 Å². The summed E-state index contributed by atoms with van der Waals surface area (Å²) in [6.07, 6.45) is 3.75. The number of rotatable bonds is 7. The van der Waals surface area contributed by atoms with Crippen molar-refractivity contribution in [2.75, 3.05) is 26.2 Å². The second kappa shape index (κ2) is 8.15. The first-order valence-electron chi connectivity index (χ1n) is 7.94. The van der Waals surface area contributed by atoms with Gasteiger partial charge in [-0.2, -0.15) is 0 Å². The van der Waals surface area contributed by atoms with Crippen molar-refractivity contribution in [1.29, 1.82) is 0 Å². The number of carboxylic acid groups (broad SMARTS) is 1. The van der Waals surface area contributed by atoms with Gasteiger partial charge in [0.25, 0.3) is 0 Å². The smallest absolute Gasteiger partial charge is 0.335 e. The fourth-order valence-electron chi connectivity index (χ4n) is 2.96. The zero-order chi connectivity index (χ0) is 15.1. The Kier molecular flexibility index (Phi) is 6.21. The number of carboxylic acids is 1. The summed E-state index contributed by atoms with van der Waals surface area (Å²) in [5.41, 5.74) is 1.56. The van der Waals surface area contributed by atoms with Gasteiger partial charge in [0.1, 0.15) is 0 Å². The molecule has 21 heavy (non-hydrogen) atoms. The highest BCUT2D eigenvalue weighted by atomic mass is 16.4. The van der Waals surface area contributed by atoms with E-state index in [2.05, 4.69) is 17.1 Å². The van der Waals surface area contributed by atoms with Crippen LogP contribution in [0.1, 0.15) is 42.1 Å². The highest BCUT2D eigenvalue weighted by Crippen LogP contribution is 2.18. The standard InChI is InChI=1S/C17H26N2O2/c1-2-9-18-11-15-4-3-10-19(13-15)12-14-5-7-16(8-6-14)17(20)21/h5-8,15,18H,2-4,9-13H2,1H3,(H,20,21). The number of likely N-dealkylation sites (tertiary alicyclic amines) is 1. The van der Waals surface area contributed by atoms with Gasteiger partial charge in [0, 0.05) is 13.1 Å². The first-order chi connectivity index (χ1) is 10.2. The third-order valence-corrected chi connectivity index (χ3v) is 4.07. The van der Waals surface area contributed by atoms with Gasteiger partial charge in [-0.3, -0.25) is 4.90 Å². The van der Waals surface area contributed by atoms with E-state index < -0.39 is 5.97 Å². The van der Waals surface area contributed by atoms with E-state index >= 15 is 0 Å². The molecule has 0 spiro atoms. The predicted octanol–water partition coefficient (Wildman–Crippen LogP) is 2.60. The molecule has 116 valence electrons. The molecule has 1 aromatic rings. The van der Waals surface area contributed by atoms with E-state index in [4.69, 9.17) is 5.11 Å². The zero-order valence-electron chi connectivity index (χ0n) is 12.8. The molecule has 0 aliphatic carbocycles. The molecule has 4 heteroatoms. The Morgan fingerprint density at radius 1 is 1.38 bits per heavy atom. The summed E-state index contributed by atoms with van der Waals surface area (Å²) in [4.78, 5) is 13.3. The summed E-state index contributed by atoms with van der Waals surface area (Å²) >= 11 is 0. The van der Waals surface area contributed by atoms with Gasteiger partial charge in [-0.05, 0) is 62.5 Å². The first-order valence-corrected chi connectivity index (χ1v) is 7.94. The molecule has 0 radical (unpaired) electrons. The largest absolute Gasteiger partial charge is 0.478 e. The number of nitrogens with zero attached hydrogens (tertiary/aromatic N) is 1. The van der Waals surface area contributed by atoms with Crippen LogP contribution < -0.4 is 5.32 Å². The Labute approximate surface area is 127 Å². The maximum Gasteiger partial charge on any atom is 0.335 e. The number of hydrogen-bond donors (Lipinski definition) is 2. The third kappa shape index (κ3) is 5.14. The molecule has 1 heterocycles. The summed E-state index contributed by atoms with van der Waals surface area (Å²) in [6, 6.07) is 7.26. The summed E-state index contributed by atoms with van der Waals surface area (Å²) in [6.45, 7) is 7.61. The van der Waals surface area contributed by atoms with Crippen molar-refractivity contribution in [2.24, 2.45) is 5.92 Å². The quantitative estimate of drug-likeness (QED) is 0.758. The summed E-state index contributed by atoms with van der Waals surface area (Å²) < 4.78 is 0. The third-order valence-electron chi connectivity index (χ3n) is 4.07. The molecule has 0 bridgehead atoms. The molecule has 1 aliphatic rings. The summed E-state index contributed by atoms with van der Waals surface area (Å²) in [7, 11) is 0. The average Bonchev–Trinajstić information content (AvgIpc) is 2.48. The van der Waals surface area contributed by atoms with E-state index in [-0.39, 0.29) is 0 Å². The first kappa shape index (κ1) is 16.0. The Balaban J connectivity index is 1.82. The molecule has 1 atom stereocenters. The van der Waals surface area contributed by atoms with Gasteiger partial charge in [-0.1, -0.05) is 19.1 Å². The lowest BCUT2D eigenvalue weighted by molar-refractivity contribution is 0.0697. The van der Waals surface area contributed by atoms with E-state index in [0.29, 0.717) is 5.56 Å². The Bertz CT molecular complexity index is 445. The molecule has 0 aromatic heterocycles. The van der Waals surface area contributed by atoms with Crippen molar-refractivity contribution in [3.8, 4) is 0 Å². The molecule has 0 amide bonds. The van der Waals surface area contributed by atoms with Crippen LogP contribution in [0.3, 0.4) is 0 Å². The minimum absolute atomic E-state index is 0.360. The highest BCUT2D eigenvalue weighted by molar-refractivity contribution is 5.87. The molecule has 0 saturated carbocycles. The van der Waals surface area contributed by atoms with Crippen LogP contribution in [0.5, 0.6) is 0 Å². The van der Waals surface area contributed by atoms with Crippen molar-refractivity contribution < 1.29 is 9.90 Å². The van der Waals surface area contributed by atoms with E-state index in [9.17, 15) is 4.79 Å². The normalized spacial score (nSPS) is 19.6. The molecule has 1 unspecified atom stereocenters. The van der Waals surface area contributed by atoms with Crippen molar-refractivity contribution in [3.05, 3.63) is 35.4 Å². The molecule has 4 nitrogen and oxygen atoms in total. The second-order valence-corrected chi connectivity index (χ2v) is 5.95. The predicted molar refractivity (Wildman–Crippen MR) is 84.6 cm³/mol. The molecule has 1 saturated heterocycles. The Morgan fingerprint density at radius 3 is 2.81 bits per heavy atom. The van der Waals surface area contributed by atoms with Gasteiger partial charge in [0.05, 0.1) is 5.56 Å². The fourth-order valence-corrected chi connectivity index (χ4v) is 2.96.